The van der Waals surface area contributed by atoms with Crippen molar-refractivity contribution in [1.82, 2.24) is 5.43 Å². The molecule has 7 nitrogen and oxygen atoms in total. The Morgan fingerprint density at radius 1 is 0.906 bits per heavy atom. The van der Waals surface area contributed by atoms with Crippen LogP contribution in [-0.4, -0.2) is 24.0 Å². The van der Waals surface area contributed by atoms with Gasteiger partial charge in [0.15, 0.2) is 0 Å². The molecule has 0 saturated carbocycles. The lowest BCUT2D eigenvalue weighted by Crippen LogP contribution is -2.32. The molecule has 0 saturated heterocycles. The third-order valence-corrected chi connectivity index (χ3v) is 4.60. The minimum absolute atomic E-state index is 0.218. The van der Waals surface area contributed by atoms with Crippen molar-refractivity contribution in [2.24, 2.45) is 5.10 Å². The Morgan fingerprint density at radius 3 is 2.28 bits per heavy atom. The van der Waals surface area contributed by atoms with Crippen LogP contribution in [0.5, 0.6) is 5.75 Å². The second kappa shape index (κ2) is 10.4. The van der Waals surface area contributed by atoms with Gasteiger partial charge in [-0.2, -0.15) is 5.10 Å². The number of nitrogens with zero attached hydrogens (tertiary/aromatic N) is 1. The Labute approximate surface area is 190 Å². The van der Waals surface area contributed by atoms with Gasteiger partial charge in [0.25, 0.3) is 0 Å². The topological polar surface area (TPSA) is 96.9 Å². The summed E-state index contributed by atoms with van der Waals surface area (Å²) in [5.41, 5.74) is 5.23. The van der Waals surface area contributed by atoms with E-state index in [-0.39, 0.29) is 16.3 Å². The minimum atomic E-state index is -0.939. The highest BCUT2D eigenvalue weighted by atomic mass is 35.5. The lowest BCUT2D eigenvalue weighted by Gasteiger charge is -2.08. The van der Waals surface area contributed by atoms with Gasteiger partial charge in [0, 0.05) is 11.3 Å². The number of aryl methyl sites for hydroxylation is 2. The van der Waals surface area contributed by atoms with Gasteiger partial charge >= 0.3 is 17.8 Å². The molecule has 32 heavy (non-hydrogen) atoms. The van der Waals surface area contributed by atoms with Crippen molar-refractivity contribution < 1.29 is 19.1 Å². The van der Waals surface area contributed by atoms with E-state index in [0.717, 1.165) is 11.1 Å². The third kappa shape index (κ3) is 6.02. The van der Waals surface area contributed by atoms with Crippen molar-refractivity contribution in [3.63, 3.8) is 0 Å². The summed E-state index contributed by atoms with van der Waals surface area (Å²) in [7, 11) is 0. The summed E-state index contributed by atoms with van der Waals surface area (Å²) in [5, 5.41) is 6.59. The molecule has 2 amide bonds. The number of hydrogen-bond acceptors (Lipinski definition) is 5. The smallest absolute Gasteiger partial charge is 0.345 e. The van der Waals surface area contributed by atoms with Crippen LogP contribution in [-0.2, 0) is 9.59 Å². The van der Waals surface area contributed by atoms with Crippen LogP contribution in [0.4, 0.5) is 5.69 Å². The van der Waals surface area contributed by atoms with E-state index in [0.29, 0.717) is 11.3 Å². The average Bonchev–Trinajstić information content (AvgIpc) is 2.74. The first-order chi connectivity index (χ1) is 15.3. The fraction of sp³-hybridized carbons (Fsp3) is 0.0833. The minimum Gasteiger partial charge on any atom is -0.422 e. The Balaban J connectivity index is 1.64. The first kappa shape index (κ1) is 22.7. The summed E-state index contributed by atoms with van der Waals surface area (Å²) in [4.78, 5) is 36.6. The summed E-state index contributed by atoms with van der Waals surface area (Å²) >= 11 is 6.04. The number of para-hydroxylation sites is 1. The second-order valence-corrected chi connectivity index (χ2v) is 7.34. The van der Waals surface area contributed by atoms with E-state index in [2.05, 4.69) is 15.8 Å². The molecular formula is C24H20ClN3O4. The van der Waals surface area contributed by atoms with E-state index >= 15 is 0 Å². The van der Waals surface area contributed by atoms with E-state index in [9.17, 15) is 14.4 Å². The summed E-state index contributed by atoms with van der Waals surface area (Å²) in [6.45, 7) is 3.78. The first-order valence-electron chi connectivity index (χ1n) is 9.62. The van der Waals surface area contributed by atoms with E-state index < -0.39 is 17.8 Å². The molecule has 3 aromatic rings. The highest BCUT2D eigenvalue weighted by Crippen LogP contribution is 2.21. The van der Waals surface area contributed by atoms with Crippen molar-refractivity contribution in [2.75, 3.05) is 5.32 Å². The summed E-state index contributed by atoms with van der Waals surface area (Å²) < 4.78 is 5.41. The van der Waals surface area contributed by atoms with Crippen LogP contribution in [0.1, 0.15) is 27.0 Å². The molecule has 2 N–H and O–H groups in total. The fourth-order valence-corrected chi connectivity index (χ4v) is 3.12. The number of nitrogens with one attached hydrogen (secondary N) is 2. The molecule has 0 aliphatic heterocycles. The number of carbonyl (C=O) groups excluding carboxylic acids is 3. The van der Waals surface area contributed by atoms with Crippen LogP contribution in [0.2, 0.25) is 5.02 Å². The number of ether oxygens (including phenoxy) is 1. The number of hydrazone groups is 1. The molecule has 3 aromatic carbocycles. The molecule has 0 atom stereocenters. The quantitative estimate of drug-likeness (QED) is 0.200. The molecule has 0 aromatic heterocycles. The molecule has 0 radical (unpaired) electrons. The Bertz CT molecular complexity index is 1190. The van der Waals surface area contributed by atoms with E-state index in [4.69, 9.17) is 16.3 Å². The van der Waals surface area contributed by atoms with E-state index in [1.165, 1.54) is 6.21 Å². The van der Waals surface area contributed by atoms with Crippen LogP contribution in [0.3, 0.4) is 0 Å². The molecule has 8 heteroatoms. The maximum absolute atomic E-state index is 12.4. The first-order valence-corrected chi connectivity index (χ1v) is 9.99. The number of halogens is 1. The maximum atomic E-state index is 12.4. The van der Waals surface area contributed by atoms with Gasteiger partial charge in [0.2, 0.25) is 0 Å². The number of anilines is 1. The van der Waals surface area contributed by atoms with Crippen molar-refractivity contribution in [1.29, 1.82) is 0 Å². The second-order valence-electron chi connectivity index (χ2n) is 6.94. The molecule has 0 spiro atoms. The zero-order valence-electron chi connectivity index (χ0n) is 17.4. The van der Waals surface area contributed by atoms with Gasteiger partial charge in [-0.1, -0.05) is 41.9 Å². The molecule has 0 aliphatic carbocycles. The number of esters is 1. The van der Waals surface area contributed by atoms with Crippen LogP contribution in [0.15, 0.2) is 71.8 Å². The predicted molar refractivity (Wildman–Crippen MR) is 123 cm³/mol. The van der Waals surface area contributed by atoms with Crippen LogP contribution in [0, 0.1) is 13.8 Å². The van der Waals surface area contributed by atoms with Crippen molar-refractivity contribution in [2.45, 2.75) is 13.8 Å². The zero-order chi connectivity index (χ0) is 23.1. The summed E-state index contributed by atoms with van der Waals surface area (Å²) in [5.74, 6) is -2.21. The summed E-state index contributed by atoms with van der Waals surface area (Å²) in [6, 6.07) is 18.6. The molecule has 0 unspecified atom stereocenters. The van der Waals surface area contributed by atoms with E-state index in [1.54, 1.807) is 60.7 Å². The Morgan fingerprint density at radius 2 is 1.56 bits per heavy atom. The maximum Gasteiger partial charge on any atom is 0.345 e. The van der Waals surface area contributed by atoms with Gasteiger partial charge in [-0.15, -0.1) is 0 Å². The van der Waals surface area contributed by atoms with Crippen LogP contribution >= 0.6 is 11.6 Å². The molecule has 0 heterocycles. The molecule has 3 rings (SSSR count). The summed E-state index contributed by atoms with van der Waals surface area (Å²) in [6.07, 6.45) is 1.28. The average molecular weight is 450 g/mol. The molecule has 162 valence electrons. The highest BCUT2D eigenvalue weighted by molar-refractivity contribution is 6.39. The van der Waals surface area contributed by atoms with Crippen molar-refractivity contribution in [3.05, 3.63) is 94.0 Å². The number of hydrogen-bond donors (Lipinski definition) is 2. The number of carbonyl (C=O) groups is 3. The lowest BCUT2D eigenvalue weighted by atomic mass is 10.1. The van der Waals surface area contributed by atoms with Crippen molar-refractivity contribution in [3.8, 4) is 5.75 Å². The van der Waals surface area contributed by atoms with Crippen LogP contribution in [0.25, 0.3) is 0 Å². The lowest BCUT2D eigenvalue weighted by molar-refractivity contribution is -0.136. The molecule has 0 aliphatic rings. The van der Waals surface area contributed by atoms with Crippen molar-refractivity contribution >= 4 is 41.3 Å². The standard InChI is InChI=1S/C24H20ClN3O4/c1-15-11-16(2)13-18(12-15)27-22(29)23(30)28-26-14-17-7-3-6-10-21(17)32-24(31)19-8-4-5-9-20(19)25/h3-14H,1-2H3,(H,27,29)(H,28,30). The third-order valence-electron chi connectivity index (χ3n) is 4.27. The largest absolute Gasteiger partial charge is 0.422 e. The monoisotopic (exact) mass is 449 g/mol. The highest BCUT2D eigenvalue weighted by Gasteiger charge is 2.15. The fourth-order valence-electron chi connectivity index (χ4n) is 2.91. The predicted octanol–water partition coefficient (Wildman–Crippen LogP) is 4.26. The van der Waals surface area contributed by atoms with Gasteiger partial charge in [-0.3, -0.25) is 9.59 Å². The number of benzene rings is 3. The molecule has 0 fully saturated rings. The number of rotatable bonds is 5. The molecular weight excluding hydrogens is 430 g/mol. The van der Waals surface area contributed by atoms with Gasteiger partial charge in [-0.05, 0) is 61.4 Å². The SMILES string of the molecule is Cc1cc(C)cc(NC(=O)C(=O)NN=Cc2ccccc2OC(=O)c2ccccc2Cl)c1. The Hall–Kier alpha value is -3.97. The van der Waals surface area contributed by atoms with E-state index in [1.807, 2.05) is 19.9 Å². The van der Waals surface area contributed by atoms with Gasteiger partial charge in [0.05, 0.1) is 16.8 Å². The van der Waals surface area contributed by atoms with Gasteiger partial charge in [0.1, 0.15) is 5.75 Å². The van der Waals surface area contributed by atoms with Crippen LogP contribution < -0.4 is 15.5 Å². The zero-order valence-corrected chi connectivity index (χ0v) is 18.1. The normalized spacial score (nSPS) is 10.6. The number of amides is 2. The Kier molecular flexibility index (Phi) is 7.36. The van der Waals surface area contributed by atoms with Gasteiger partial charge < -0.3 is 10.1 Å². The molecule has 0 bridgehead atoms. The van der Waals surface area contributed by atoms with Gasteiger partial charge in [-0.25, -0.2) is 10.2 Å².